The van der Waals surface area contributed by atoms with Crippen molar-refractivity contribution in [3.05, 3.63) is 41.5 Å². The third-order valence-electron chi connectivity index (χ3n) is 4.72. The van der Waals surface area contributed by atoms with E-state index < -0.39 is 13.3 Å². The van der Waals surface area contributed by atoms with Gasteiger partial charge in [0.25, 0.3) is 0 Å². The fraction of sp³-hybridized carbons (Fsp3) is 0.471. The van der Waals surface area contributed by atoms with E-state index in [9.17, 15) is 5.26 Å². The van der Waals surface area contributed by atoms with E-state index in [1.807, 2.05) is 0 Å². The number of fused-ring (bicyclic) bond motifs is 3. The van der Waals surface area contributed by atoms with Gasteiger partial charge in [-0.15, -0.1) is 0 Å². The molecule has 0 aromatic heterocycles. The second-order valence-corrected chi connectivity index (χ2v) is 18.7. The third-order valence-corrected chi connectivity index (χ3v) is 8.17. The Morgan fingerprint density at radius 1 is 1.32 bits per heavy atom. The molecule has 2 aliphatic carbocycles. The summed E-state index contributed by atoms with van der Waals surface area (Å²) < 4.78 is 0. The van der Waals surface area contributed by atoms with Gasteiger partial charge in [-0.1, -0.05) is 0 Å². The van der Waals surface area contributed by atoms with E-state index in [0.717, 1.165) is 6.42 Å². The van der Waals surface area contributed by atoms with Crippen LogP contribution in [0.25, 0.3) is 6.08 Å². The van der Waals surface area contributed by atoms with Crippen molar-refractivity contribution in [3.8, 4) is 6.07 Å². The van der Waals surface area contributed by atoms with Gasteiger partial charge in [0.2, 0.25) is 0 Å². The van der Waals surface area contributed by atoms with Crippen molar-refractivity contribution in [1.82, 2.24) is 0 Å². The van der Waals surface area contributed by atoms with Gasteiger partial charge in [0, 0.05) is 0 Å². The molecule has 0 spiro atoms. The van der Waals surface area contributed by atoms with Crippen LogP contribution in [0, 0.1) is 23.2 Å². The molecule has 3 unspecified atom stereocenters. The Kier molecular flexibility index (Phi) is 2.90. The Hall–Kier alpha value is -1.01. The summed E-state index contributed by atoms with van der Waals surface area (Å²) in [7, 11) is 0. The van der Waals surface area contributed by atoms with Crippen LogP contribution in [0.4, 0.5) is 0 Å². The molecular formula is C17H21GeN. The molecule has 0 aliphatic heterocycles. The van der Waals surface area contributed by atoms with Crippen molar-refractivity contribution in [2.45, 2.75) is 34.4 Å². The van der Waals surface area contributed by atoms with Crippen molar-refractivity contribution in [2.75, 3.05) is 0 Å². The van der Waals surface area contributed by atoms with E-state index in [1.54, 1.807) is 0 Å². The minimum atomic E-state index is -1.73. The van der Waals surface area contributed by atoms with Crippen LogP contribution in [-0.4, -0.2) is 13.3 Å². The number of hydrogen-bond donors (Lipinski definition) is 0. The quantitative estimate of drug-likeness (QED) is 0.740. The predicted octanol–water partition coefficient (Wildman–Crippen LogP) is 4.45. The summed E-state index contributed by atoms with van der Waals surface area (Å²) in [6.07, 6.45) is 5.69. The number of nitriles is 1. The molecule has 0 N–H and O–H groups in total. The molecule has 0 bridgehead atoms. The second-order valence-electron chi connectivity index (χ2n) is 7.25. The van der Waals surface area contributed by atoms with Crippen molar-refractivity contribution >= 4 is 19.3 Å². The molecule has 0 heterocycles. The number of benzene rings is 1. The first-order chi connectivity index (χ1) is 8.97. The molecule has 0 saturated heterocycles. The maximum absolute atomic E-state index is 9.56. The van der Waals surface area contributed by atoms with Gasteiger partial charge in [-0.3, -0.25) is 0 Å². The van der Waals surface area contributed by atoms with Gasteiger partial charge in [0.1, 0.15) is 0 Å². The minimum absolute atomic E-state index is 0.137. The summed E-state index contributed by atoms with van der Waals surface area (Å²) in [5.41, 5.74) is 2.92. The molecule has 1 nitrogen and oxygen atoms in total. The van der Waals surface area contributed by atoms with Gasteiger partial charge in [0.15, 0.2) is 0 Å². The molecule has 1 saturated carbocycles. The van der Waals surface area contributed by atoms with Gasteiger partial charge >= 0.3 is 118 Å². The standard InChI is InChI=1S/C17H21GeN/c1-18(2,3)12-17-14(10-15(17)11-19)9-8-13-6-4-5-7-16(13)17/h4-9,14-15H,10,12H2,1-3H3. The summed E-state index contributed by atoms with van der Waals surface area (Å²) in [4.78, 5) is 0. The van der Waals surface area contributed by atoms with Crippen LogP contribution in [0.3, 0.4) is 0 Å². The molecule has 0 amide bonds. The first kappa shape index (κ1) is 13.0. The van der Waals surface area contributed by atoms with Gasteiger partial charge in [0.05, 0.1) is 0 Å². The zero-order chi connectivity index (χ0) is 13.7. The number of allylic oxidation sites excluding steroid dienone is 1. The molecular weight excluding hydrogens is 291 g/mol. The van der Waals surface area contributed by atoms with Crippen molar-refractivity contribution in [3.63, 3.8) is 0 Å². The van der Waals surface area contributed by atoms with E-state index in [1.165, 1.54) is 16.4 Å². The molecule has 2 heteroatoms. The molecule has 1 aromatic rings. The SMILES string of the molecule is [CH3][Ge]([CH3])([CH3])[CH2]C12c3ccccc3C=CC1CC2C#N. The van der Waals surface area contributed by atoms with E-state index in [-0.39, 0.29) is 11.3 Å². The summed E-state index contributed by atoms with van der Waals surface area (Å²) >= 11 is -1.73. The molecule has 2 aliphatic rings. The first-order valence-corrected chi connectivity index (χ1v) is 14.9. The zero-order valence-electron chi connectivity index (χ0n) is 12.0. The van der Waals surface area contributed by atoms with E-state index in [4.69, 9.17) is 0 Å². The molecule has 19 heavy (non-hydrogen) atoms. The van der Waals surface area contributed by atoms with Gasteiger partial charge < -0.3 is 0 Å². The number of rotatable bonds is 2. The van der Waals surface area contributed by atoms with Crippen molar-refractivity contribution in [2.24, 2.45) is 11.8 Å². The van der Waals surface area contributed by atoms with Crippen LogP contribution in [0.1, 0.15) is 17.5 Å². The van der Waals surface area contributed by atoms with Gasteiger partial charge in [-0.25, -0.2) is 0 Å². The summed E-state index contributed by atoms with van der Waals surface area (Å²) in [5, 5.41) is 10.8. The Morgan fingerprint density at radius 3 is 2.74 bits per heavy atom. The second kappa shape index (κ2) is 4.25. The summed E-state index contributed by atoms with van der Waals surface area (Å²) in [6, 6.07) is 11.3. The van der Waals surface area contributed by atoms with Crippen molar-refractivity contribution < 1.29 is 0 Å². The van der Waals surface area contributed by atoms with Gasteiger partial charge in [-0.05, 0) is 0 Å². The number of hydrogen-bond acceptors (Lipinski definition) is 1. The van der Waals surface area contributed by atoms with Crippen LogP contribution in [0.5, 0.6) is 0 Å². The zero-order valence-corrected chi connectivity index (χ0v) is 14.1. The first-order valence-electron chi connectivity index (χ1n) is 7.15. The normalized spacial score (nSPS) is 31.9. The fourth-order valence-electron chi connectivity index (χ4n) is 4.09. The van der Waals surface area contributed by atoms with Gasteiger partial charge in [-0.2, -0.15) is 0 Å². The Morgan fingerprint density at radius 2 is 2.05 bits per heavy atom. The van der Waals surface area contributed by atoms with Crippen LogP contribution >= 0.6 is 0 Å². The van der Waals surface area contributed by atoms with Crippen LogP contribution in [0.15, 0.2) is 30.3 Å². The molecule has 0 radical (unpaired) electrons. The third kappa shape index (κ3) is 1.89. The van der Waals surface area contributed by atoms with E-state index in [0.29, 0.717) is 5.92 Å². The summed E-state index contributed by atoms with van der Waals surface area (Å²) in [6.45, 7) is 0. The Bertz CT molecular complexity index is 576. The average Bonchev–Trinajstić information content (AvgIpc) is 2.33. The van der Waals surface area contributed by atoms with Crippen LogP contribution in [0.2, 0.25) is 22.5 Å². The molecule has 1 fully saturated rings. The monoisotopic (exact) mass is 313 g/mol. The molecule has 1 aromatic carbocycles. The fourth-order valence-corrected chi connectivity index (χ4v) is 9.24. The molecule has 3 atom stereocenters. The number of nitrogens with zero attached hydrogens (tertiary/aromatic N) is 1. The Labute approximate surface area is 118 Å². The van der Waals surface area contributed by atoms with E-state index in [2.05, 4.69) is 59.8 Å². The molecule has 3 rings (SSSR count). The maximum atomic E-state index is 9.56. The molecule has 98 valence electrons. The van der Waals surface area contributed by atoms with Crippen LogP contribution in [-0.2, 0) is 5.41 Å². The average molecular weight is 312 g/mol. The topological polar surface area (TPSA) is 23.8 Å². The Balaban J connectivity index is 2.15. The van der Waals surface area contributed by atoms with Crippen molar-refractivity contribution in [1.29, 1.82) is 5.26 Å². The van der Waals surface area contributed by atoms with E-state index >= 15 is 0 Å². The predicted molar refractivity (Wildman–Crippen MR) is 82.5 cm³/mol. The summed E-state index contributed by atoms with van der Waals surface area (Å²) in [5.74, 6) is 8.23. The van der Waals surface area contributed by atoms with Crippen LogP contribution < -0.4 is 0 Å².